The molecule has 5 aliphatic rings. The summed E-state index contributed by atoms with van der Waals surface area (Å²) in [6.45, 7) is 13.1. The van der Waals surface area contributed by atoms with Crippen LogP contribution in [0.5, 0.6) is 0 Å². The molecule has 0 aromatic carbocycles. The van der Waals surface area contributed by atoms with Gasteiger partial charge in [-0.05, 0) is 73.0 Å². The number of hydrogen-bond acceptors (Lipinski definition) is 9. The zero-order chi connectivity index (χ0) is 36.4. The van der Waals surface area contributed by atoms with Crippen molar-refractivity contribution in [2.24, 2.45) is 40.2 Å². The largest absolute Gasteiger partial charge is 0.508 e. The Morgan fingerprint density at radius 1 is 0.880 bits per heavy atom. The van der Waals surface area contributed by atoms with Gasteiger partial charge in [0.2, 0.25) is 11.7 Å². The van der Waals surface area contributed by atoms with Crippen molar-refractivity contribution < 1.29 is 38.2 Å². The number of epoxide rings is 1. The molecule has 50 heavy (non-hydrogen) atoms. The number of nitrogens with zero attached hydrogens (tertiary/aromatic N) is 1. The Labute approximate surface area is 297 Å². The van der Waals surface area contributed by atoms with Crippen LogP contribution < -0.4 is 21.7 Å². The van der Waals surface area contributed by atoms with E-state index in [0.717, 1.165) is 57.8 Å². The van der Waals surface area contributed by atoms with Crippen LogP contribution in [-0.2, 0) is 28.6 Å². The zero-order valence-electron chi connectivity index (χ0n) is 31.0. The third kappa shape index (κ3) is 10.1. The number of nitrogens with one attached hydrogen (secondary N) is 3. The SMILES string of the molecule is CC(C)(C)[C@@H]1CC(C2OC2NC(CC2CCC2)C(=O)C(N)=O)N(C(=O)[C@@H](NC(=O)N[C@H](COC(=O)OCC2CC2)C2CCCC2)C(C)(C)C)C1. The van der Waals surface area contributed by atoms with Crippen molar-refractivity contribution in [3.8, 4) is 0 Å². The van der Waals surface area contributed by atoms with Gasteiger partial charge in [-0.3, -0.25) is 19.7 Å². The number of nitrogens with two attached hydrogens (primary N) is 1. The van der Waals surface area contributed by atoms with Crippen LogP contribution in [0.25, 0.3) is 0 Å². The van der Waals surface area contributed by atoms with Crippen LogP contribution in [0, 0.1) is 34.5 Å². The van der Waals surface area contributed by atoms with Crippen LogP contribution in [0.3, 0.4) is 0 Å². The highest BCUT2D eigenvalue weighted by Gasteiger charge is 2.55. The van der Waals surface area contributed by atoms with Crippen LogP contribution in [0.4, 0.5) is 9.59 Å². The molecular weight excluding hydrogens is 642 g/mol. The van der Waals surface area contributed by atoms with Gasteiger partial charge in [-0.25, -0.2) is 9.59 Å². The second-order valence-corrected chi connectivity index (χ2v) is 17.7. The zero-order valence-corrected chi connectivity index (χ0v) is 31.0. The Morgan fingerprint density at radius 2 is 1.56 bits per heavy atom. The standard InChI is InChI=1S/C37H61N5O8/c1-36(2,3)24-17-27(29-32(50-29)39-25(28(43)31(38)44)16-21-10-9-11-21)42(18-24)33(45)30(37(4,5)6)41-34(46)40-26(23-12-7-8-13-23)20-49-35(47)48-19-22-14-15-22/h21-27,29-30,32,39H,7-20H2,1-6H3,(H2,38,44)(H2,40,41,46)/t24-,25?,26-,27?,29?,30-,32?/m1/s1. The number of carbonyl (C=O) groups excluding carboxylic acids is 5. The lowest BCUT2D eigenvalue weighted by molar-refractivity contribution is -0.137. The van der Waals surface area contributed by atoms with Crippen LogP contribution in [0.1, 0.15) is 112 Å². The molecule has 4 amide bonds. The molecule has 0 spiro atoms. The highest BCUT2D eigenvalue weighted by molar-refractivity contribution is 6.37. The van der Waals surface area contributed by atoms with Gasteiger partial charge in [0, 0.05) is 6.54 Å². The minimum absolute atomic E-state index is 0.00455. The first-order valence-electron chi connectivity index (χ1n) is 18.9. The van der Waals surface area contributed by atoms with Crippen molar-refractivity contribution in [3.63, 3.8) is 0 Å². The van der Waals surface area contributed by atoms with Gasteiger partial charge in [-0.2, -0.15) is 0 Å². The van der Waals surface area contributed by atoms with E-state index in [0.29, 0.717) is 37.8 Å². The quantitative estimate of drug-likeness (QED) is 0.111. The maximum Gasteiger partial charge on any atom is 0.508 e. The maximum atomic E-state index is 14.6. The molecule has 4 unspecified atom stereocenters. The molecule has 2 aliphatic heterocycles. The summed E-state index contributed by atoms with van der Waals surface area (Å²) >= 11 is 0. The molecular formula is C37H61N5O8. The van der Waals surface area contributed by atoms with Gasteiger partial charge in [0.25, 0.3) is 5.91 Å². The number of Topliss-reactive ketones (excluding diaryl/α,β-unsaturated/α-hetero) is 1. The van der Waals surface area contributed by atoms with E-state index in [4.69, 9.17) is 19.9 Å². The molecule has 3 saturated carbocycles. The summed E-state index contributed by atoms with van der Waals surface area (Å²) in [5.74, 6) is -0.676. The molecule has 5 fully saturated rings. The van der Waals surface area contributed by atoms with Gasteiger partial charge in [0.1, 0.15) is 25.0 Å². The number of amides is 4. The Balaban J connectivity index is 1.25. The molecule has 0 bridgehead atoms. The first-order valence-corrected chi connectivity index (χ1v) is 18.9. The lowest BCUT2D eigenvalue weighted by Gasteiger charge is -2.36. The van der Waals surface area contributed by atoms with Crippen LogP contribution in [0.15, 0.2) is 0 Å². The minimum atomic E-state index is -0.961. The average molecular weight is 704 g/mol. The highest BCUT2D eigenvalue weighted by Crippen LogP contribution is 2.43. The molecule has 7 atom stereocenters. The van der Waals surface area contributed by atoms with Crippen molar-refractivity contribution in [2.45, 2.75) is 149 Å². The van der Waals surface area contributed by atoms with Crippen molar-refractivity contribution in [1.82, 2.24) is 20.9 Å². The summed E-state index contributed by atoms with van der Waals surface area (Å²) in [6, 6.07) is -2.76. The molecule has 2 saturated heterocycles. The first kappa shape index (κ1) is 38.3. The molecule has 5 rings (SSSR count). The van der Waals surface area contributed by atoms with E-state index in [1.165, 1.54) is 0 Å². The molecule has 13 heteroatoms. The van der Waals surface area contributed by atoms with Gasteiger partial charge in [0.15, 0.2) is 0 Å². The van der Waals surface area contributed by atoms with Gasteiger partial charge in [-0.1, -0.05) is 73.6 Å². The number of urea groups is 1. The van der Waals surface area contributed by atoms with E-state index in [1.807, 2.05) is 25.7 Å². The van der Waals surface area contributed by atoms with Gasteiger partial charge in [0.05, 0.1) is 24.7 Å². The van der Waals surface area contributed by atoms with Crippen LogP contribution in [0.2, 0.25) is 0 Å². The van der Waals surface area contributed by atoms with Crippen molar-refractivity contribution >= 4 is 29.8 Å². The normalized spacial score (nSPS) is 27.5. The Morgan fingerprint density at radius 3 is 2.12 bits per heavy atom. The predicted molar refractivity (Wildman–Crippen MR) is 185 cm³/mol. The fourth-order valence-electron chi connectivity index (χ4n) is 7.77. The van der Waals surface area contributed by atoms with Crippen molar-refractivity contribution in [2.75, 3.05) is 19.8 Å². The molecule has 3 aliphatic carbocycles. The number of hydrogen-bond donors (Lipinski definition) is 4. The maximum absolute atomic E-state index is 14.6. The van der Waals surface area contributed by atoms with E-state index in [9.17, 15) is 24.0 Å². The van der Waals surface area contributed by atoms with E-state index < -0.39 is 53.6 Å². The number of carbonyl (C=O) groups is 5. The molecule has 0 aromatic heterocycles. The minimum Gasteiger partial charge on any atom is -0.434 e. The molecule has 282 valence electrons. The monoisotopic (exact) mass is 703 g/mol. The van der Waals surface area contributed by atoms with Gasteiger partial charge < -0.3 is 35.5 Å². The average Bonchev–Trinajstić information content (AvgIpc) is 3.88. The fraction of sp³-hybridized carbons (Fsp3) is 0.865. The Bertz CT molecular complexity index is 1250. The highest BCUT2D eigenvalue weighted by atomic mass is 16.7. The Kier molecular flexibility index (Phi) is 12.1. The van der Waals surface area contributed by atoms with E-state index in [-0.39, 0.29) is 41.9 Å². The predicted octanol–water partition coefficient (Wildman–Crippen LogP) is 4.01. The Hall–Kier alpha value is -2.93. The fourth-order valence-corrected chi connectivity index (χ4v) is 7.77. The topological polar surface area (TPSA) is 182 Å². The van der Waals surface area contributed by atoms with E-state index in [2.05, 4.69) is 36.7 Å². The summed E-state index contributed by atoms with van der Waals surface area (Å²) in [4.78, 5) is 66.9. The molecule has 0 radical (unpaired) electrons. The number of ether oxygens (including phenoxy) is 3. The number of rotatable bonds is 15. The molecule has 0 aromatic rings. The summed E-state index contributed by atoms with van der Waals surface area (Å²) in [7, 11) is 0. The summed E-state index contributed by atoms with van der Waals surface area (Å²) in [5.41, 5.74) is 4.68. The smallest absolute Gasteiger partial charge is 0.434 e. The van der Waals surface area contributed by atoms with Gasteiger partial charge in [-0.15, -0.1) is 0 Å². The van der Waals surface area contributed by atoms with Gasteiger partial charge >= 0.3 is 12.2 Å². The summed E-state index contributed by atoms with van der Waals surface area (Å²) < 4.78 is 16.8. The lowest BCUT2D eigenvalue weighted by Crippen LogP contribution is -2.60. The number of likely N-dealkylation sites (tertiary alicyclic amines) is 1. The number of primary amides is 1. The van der Waals surface area contributed by atoms with E-state index in [1.54, 1.807) is 0 Å². The molecule has 13 nitrogen and oxygen atoms in total. The lowest BCUT2D eigenvalue weighted by atomic mass is 9.79. The van der Waals surface area contributed by atoms with Crippen LogP contribution >= 0.6 is 0 Å². The third-order valence-corrected chi connectivity index (χ3v) is 11.7. The molecule has 5 N–H and O–H groups in total. The van der Waals surface area contributed by atoms with Crippen molar-refractivity contribution in [3.05, 3.63) is 0 Å². The van der Waals surface area contributed by atoms with E-state index >= 15 is 0 Å². The first-order chi connectivity index (χ1) is 23.5. The number of ketones is 1. The van der Waals surface area contributed by atoms with Crippen molar-refractivity contribution in [1.29, 1.82) is 0 Å². The van der Waals surface area contributed by atoms with Crippen LogP contribution in [-0.4, -0.2) is 90.9 Å². The third-order valence-electron chi connectivity index (χ3n) is 11.7. The summed E-state index contributed by atoms with van der Waals surface area (Å²) in [5, 5.41) is 9.28. The summed E-state index contributed by atoms with van der Waals surface area (Å²) in [6.07, 6.45) is 8.86. The molecule has 2 heterocycles. The second-order valence-electron chi connectivity index (χ2n) is 17.7. The second kappa shape index (κ2) is 15.8.